The van der Waals surface area contributed by atoms with E-state index in [1.165, 1.54) is 0 Å². The first-order valence-corrected chi connectivity index (χ1v) is 10.2. The van der Waals surface area contributed by atoms with Crippen molar-refractivity contribution in [3.63, 3.8) is 0 Å². The van der Waals surface area contributed by atoms with E-state index < -0.39 is 19.2 Å². The largest absolute Gasteiger partial charge is 0.507 e. The molecule has 2 aromatic carbocycles. The average molecular weight is 425 g/mol. The highest BCUT2D eigenvalue weighted by molar-refractivity contribution is 6.61. The molecule has 0 radical (unpaired) electrons. The molecule has 3 aliphatic rings. The minimum absolute atomic E-state index is 0.0988. The van der Waals surface area contributed by atoms with Crippen LogP contribution in [0.25, 0.3) is 0 Å². The number of hydrogen-bond donors (Lipinski definition) is 1. The number of methoxy groups -OCH3 is 1. The lowest BCUT2D eigenvalue weighted by Gasteiger charge is -2.32. The quantitative estimate of drug-likeness (QED) is 0.593. The van der Waals surface area contributed by atoms with Crippen molar-refractivity contribution in [1.29, 1.82) is 0 Å². The number of hydrogen-bond acceptors (Lipinski definition) is 8. The first kappa shape index (κ1) is 20.5. The van der Waals surface area contributed by atoms with Crippen molar-refractivity contribution in [3.8, 4) is 11.5 Å². The minimum atomic E-state index is -0.695. The van der Waals surface area contributed by atoms with E-state index in [1.807, 2.05) is 38.1 Å². The molecular formula is C22H24BNO7. The van der Waals surface area contributed by atoms with E-state index in [-0.39, 0.29) is 24.1 Å². The van der Waals surface area contributed by atoms with Crippen LogP contribution in [0, 0.1) is 0 Å². The Balaban J connectivity index is 1.30. The first-order chi connectivity index (χ1) is 14.9. The molecule has 0 bridgehead atoms. The fourth-order valence-electron chi connectivity index (χ4n) is 4.04. The zero-order chi connectivity index (χ0) is 21.6. The van der Waals surface area contributed by atoms with E-state index in [0.717, 1.165) is 5.46 Å². The summed E-state index contributed by atoms with van der Waals surface area (Å²) in [5, 5.41) is 10.1. The Bertz CT molecular complexity index is 998. The van der Waals surface area contributed by atoms with Gasteiger partial charge in [0.05, 0.1) is 19.4 Å². The zero-order valence-corrected chi connectivity index (χ0v) is 17.6. The van der Waals surface area contributed by atoms with E-state index in [2.05, 4.69) is 4.99 Å². The molecule has 162 valence electrons. The summed E-state index contributed by atoms with van der Waals surface area (Å²) >= 11 is 0. The molecule has 1 N–H and O–H groups in total. The van der Waals surface area contributed by atoms with Crippen LogP contribution in [0.2, 0.25) is 0 Å². The topological polar surface area (TPSA) is 88.0 Å². The van der Waals surface area contributed by atoms with Crippen molar-refractivity contribution >= 4 is 24.5 Å². The lowest BCUT2D eigenvalue weighted by Crippen LogP contribution is -2.53. The average Bonchev–Trinajstić information content (AvgIpc) is 3.24. The van der Waals surface area contributed by atoms with Gasteiger partial charge in [-0.1, -0.05) is 12.1 Å². The van der Waals surface area contributed by atoms with Gasteiger partial charge in [0.25, 0.3) is 0 Å². The van der Waals surface area contributed by atoms with E-state index in [4.69, 9.17) is 28.3 Å². The normalized spacial score (nSPS) is 29.2. The summed E-state index contributed by atoms with van der Waals surface area (Å²) in [5.41, 5.74) is 2.15. The van der Waals surface area contributed by atoms with Gasteiger partial charge < -0.3 is 33.4 Å². The summed E-state index contributed by atoms with van der Waals surface area (Å²) in [7, 11) is 0.997. The minimum Gasteiger partial charge on any atom is -0.507 e. The Morgan fingerprint density at radius 2 is 2.03 bits per heavy atom. The van der Waals surface area contributed by atoms with Gasteiger partial charge in [0.1, 0.15) is 29.8 Å². The zero-order valence-electron chi connectivity index (χ0n) is 17.6. The molecule has 3 heterocycles. The maximum Gasteiger partial charge on any atom is 0.494 e. The maximum absolute atomic E-state index is 10.1. The van der Waals surface area contributed by atoms with Crippen molar-refractivity contribution < 1.29 is 33.4 Å². The third kappa shape index (κ3) is 4.07. The molecule has 3 fully saturated rings. The Labute approximate surface area is 180 Å². The van der Waals surface area contributed by atoms with Crippen LogP contribution in [0.5, 0.6) is 11.5 Å². The molecule has 8 nitrogen and oxygen atoms in total. The molecule has 2 aromatic rings. The predicted molar refractivity (Wildman–Crippen MR) is 113 cm³/mol. The lowest BCUT2D eigenvalue weighted by molar-refractivity contribution is -0.221. The van der Waals surface area contributed by atoms with E-state index in [0.29, 0.717) is 23.6 Å². The highest BCUT2D eigenvalue weighted by atomic mass is 16.8. The van der Waals surface area contributed by atoms with Gasteiger partial charge in [-0.3, -0.25) is 4.99 Å². The summed E-state index contributed by atoms with van der Waals surface area (Å²) < 4.78 is 34.9. The fraction of sp³-hybridized carbons (Fsp3) is 0.409. The number of phenolic OH excluding ortho intramolecular Hbond substituents is 1. The number of rotatable bonds is 4. The monoisotopic (exact) mass is 425 g/mol. The number of aromatic hydroxyl groups is 1. The van der Waals surface area contributed by atoms with Gasteiger partial charge in [-0.05, 0) is 43.6 Å². The van der Waals surface area contributed by atoms with Crippen molar-refractivity contribution in [3.05, 3.63) is 48.0 Å². The number of aliphatic imine (C=N–C) groups is 1. The molecule has 0 aliphatic carbocycles. The standard InChI is InChI=1S/C22H24BNO7/c1-22(2)29-20-19-18(28-21(20)30-22)12-27-23(31-19)14-5-4-6-15(9-14)24-11-13-7-8-16(26-3)10-17(13)25/h4-11,18-21,25H,12H2,1-3H3/t18-,19+,20-,21-/m1/s1. The number of nitrogens with zero attached hydrogens (tertiary/aromatic N) is 1. The Morgan fingerprint density at radius 1 is 1.16 bits per heavy atom. The second kappa shape index (κ2) is 7.92. The maximum atomic E-state index is 10.1. The summed E-state index contributed by atoms with van der Waals surface area (Å²) in [6.07, 6.45) is 0.384. The Kier molecular flexibility index (Phi) is 5.23. The lowest BCUT2D eigenvalue weighted by atomic mass is 9.77. The molecule has 3 saturated heterocycles. The summed E-state index contributed by atoms with van der Waals surface area (Å²) in [4.78, 5) is 4.48. The van der Waals surface area contributed by atoms with Crippen LogP contribution >= 0.6 is 0 Å². The molecule has 0 amide bonds. The van der Waals surface area contributed by atoms with Crippen LogP contribution in [0.4, 0.5) is 5.69 Å². The number of fused-ring (bicyclic) bond motifs is 3. The molecular weight excluding hydrogens is 401 g/mol. The predicted octanol–water partition coefficient (Wildman–Crippen LogP) is 2.14. The molecule has 0 spiro atoms. The summed E-state index contributed by atoms with van der Waals surface area (Å²) in [6, 6.07) is 12.6. The van der Waals surface area contributed by atoms with Crippen LogP contribution in [0.15, 0.2) is 47.5 Å². The van der Waals surface area contributed by atoms with Crippen molar-refractivity contribution in [1.82, 2.24) is 0 Å². The second-order valence-corrected chi connectivity index (χ2v) is 8.19. The fourth-order valence-corrected chi connectivity index (χ4v) is 4.04. The van der Waals surface area contributed by atoms with Gasteiger partial charge >= 0.3 is 7.12 Å². The number of ether oxygens (including phenoxy) is 4. The molecule has 0 saturated carbocycles. The van der Waals surface area contributed by atoms with Gasteiger partial charge in [0.15, 0.2) is 12.1 Å². The molecule has 31 heavy (non-hydrogen) atoms. The molecule has 3 aliphatic heterocycles. The highest BCUT2D eigenvalue weighted by Crippen LogP contribution is 2.40. The first-order valence-electron chi connectivity index (χ1n) is 10.2. The van der Waals surface area contributed by atoms with Crippen molar-refractivity contribution in [2.45, 2.75) is 44.2 Å². The summed E-state index contributed by atoms with van der Waals surface area (Å²) in [5.74, 6) is -0.0134. The molecule has 9 heteroatoms. The van der Waals surface area contributed by atoms with Crippen LogP contribution in [-0.4, -0.2) is 62.5 Å². The SMILES string of the molecule is COc1ccc(C=Nc2cccc(B3OC[C@H]4O[C@@H]5OC(C)(C)O[C@@H]5[C@H]4O3)c2)c(O)c1. The Morgan fingerprint density at radius 3 is 2.84 bits per heavy atom. The van der Waals surface area contributed by atoms with Gasteiger partial charge in [0.2, 0.25) is 0 Å². The molecule has 5 rings (SSSR count). The Hall–Kier alpha value is -2.43. The van der Waals surface area contributed by atoms with Gasteiger partial charge in [-0.15, -0.1) is 0 Å². The molecule has 0 unspecified atom stereocenters. The van der Waals surface area contributed by atoms with Crippen LogP contribution in [0.1, 0.15) is 19.4 Å². The van der Waals surface area contributed by atoms with Crippen LogP contribution in [-0.2, 0) is 23.5 Å². The molecule has 4 atom stereocenters. The van der Waals surface area contributed by atoms with Crippen LogP contribution < -0.4 is 10.2 Å². The third-order valence-electron chi connectivity index (χ3n) is 5.51. The highest BCUT2D eigenvalue weighted by Gasteiger charge is 2.57. The van der Waals surface area contributed by atoms with Crippen LogP contribution in [0.3, 0.4) is 0 Å². The van der Waals surface area contributed by atoms with Gasteiger partial charge in [0, 0.05) is 17.8 Å². The van der Waals surface area contributed by atoms with E-state index >= 15 is 0 Å². The van der Waals surface area contributed by atoms with Crippen molar-refractivity contribution in [2.75, 3.05) is 13.7 Å². The number of benzene rings is 2. The second-order valence-electron chi connectivity index (χ2n) is 8.19. The van der Waals surface area contributed by atoms with Gasteiger partial charge in [-0.2, -0.15) is 0 Å². The van der Waals surface area contributed by atoms with E-state index in [1.54, 1.807) is 31.5 Å². The smallest absolute Gasteiger partial charge is 0.494 e. The third-order valence-corrected chi connectivity index (χ3v) is 5.51. The molecule has 0 aromatic heterocycles. The van der Waals surface area contributed by atoms with Gasteiger partial charge in [-0.25, -0.2) is 0 Å². The number of phenols is 1. The van der Waals surface area contributed by atoms with Crippen molar-refractivity contribution in [2.24, 2.45) is 4.99 Å². The van der Waals surface area contributed by atoms with E-state index in [9.17, 15) is 5.11 Å². The summed E-state index contributed by atoms with van der Waals surface area (Å²) in [6.45, 7) is 4.12.